The molecule has 1 aromatic carbocycles. The molecular weight excluding hydrogens is 208 g/mol. The Hall–Kier alpha value is -1.47. The largest absolute Gasteiger partial charge is 0.315 e. The lowest BCUT2D eigenvalue weighted by atomic mass is 10.2. The Morgan fingerprint density at radius 3 is 2.40 bits per heavy atom. The maximum absolute atomic E-state index is 11.6. The molecule has 0 aliphatic rings. The number of thiol groups is 1. The van der Waals surface area contributed by atoms with Crippen LogP contribution in [0.4, 0.5) is 5.69 Å². The first-order valence-corrected chi connectivity index (χ1v) is 5.03. The topological polar surface area (TPSA) is 44.1 Å². The molecule has 0 heterocycles. The molecule has 1 amide bonds. The second-order valence-electron chi connectivity index (χ2n) is 3.23. The zero-order valence-electron chi connectivity index (χ0n) is 8.64. The molecule has 15 heavy (non-hydrogen) atoms. The van der Waals surface area contributed by atoms with Gasteiger partial charge in [-0.05, 0) is 31.2 Å². The third-order valence-corrected chi connectivity index (χ3v) is 2.29. The van der Waals surface area contributed by atoms with Crippen molar-refractivity contribution >= 4 is 24.2 Å². The molecule has 1 unspecified atom stereocenters. The van der Waals surface area contributed by atoms with Crippen LogP contribution in [-0.4, -0.2) is 18.2 Å². The van der Waals surface area contributed by atoms with Gasteiger partial charge >= 0.3 is 0 Å². The smallest absolute Gasteiger partial charge is 0.239 e. The molecular formula is C11H12N2OS. The SMILES string of the molecule is CC(S)C(=O)N(C)c1ccc(C#N)cc1. The highest BCUT2D eigenvalue weighted by molar-refractivity contribution is 7.81. The van der Waals surface area contributed by atoms with Gasteiger partial charge in [-0.1, -0.05) is 0 Å². The Morgan fingerprint density at radius 1 is 1.47 bits per heavy atom. The van der Waals surface area contributed by atoms with E-state index in [-0.39, 0.29) is 11.2 Å². The molecule has 0 radical (unpaired) electrons. The van der Waals surface area contributed by atoms with E-state index in [2.05, 4.69) is 12.6 Å². The van der Waals surface area contributed by atoms with Gasteiger partial charge in [-0.25, -0.2) is 0 Å². The lowest BCUT2D eigenvalue weighted by Crippen LogP contribution is -2.31. The zero-order valence-corrected chi connectivity index (χ0v) is 9.53. The predicted molar refractivity (Wildman–Crippen MR) is 63.0 cm³/mol. The number of amides is 1. The number of carbonyl (C=O) groups is 1. The zero-order chi connectivity index (χ0) is 11.4. The third-order valence-electron chi connectivity index (χ3n) is 2.07. The van der Waals surface area contributed by atoms with Gasteiger partial charge in [0.25, 0.3) is 0 Å². The first kappa shape index (κ1) is 11.6. The van der Waals surface area contributed by atoms with Gasteiger partial charge in [-0.2, -0.15) is 17.9 Å². The maximum atomic E-state index is 11.6. The minimum atomic E-state index is -0.328. The van der Waals surface area contributed by atoms with Crippen molar-refractivity contribution in [3.8, 4) is 6.07 Å². The second kappa shape index (κ2) is 4.85. The molecule has 0 saturated carbocycles. The summed E-state index contributed by atoms with van der Waals surface area (Å²) in [6.07, 6.45) is 0. The van der Waals surface area contributed by atoms with Crippen LogP contribution in [0.2, 0.25) is 0 Å². The van der Waals surface area contributed by atoms with Crippen LogP contribution in [0.1, 0.15) is 12.5 Å². The quantitative estimate of drug-likeness (QED) is 0.773. The Balaban J connectivity index is 2.88. The molecule has 0 aliphatic carbocycles. The van der Waals surface area contributed by atoms with E-state index in [9.17, 15) is 4.79 Å². The standard InChI is InChI=1S/C11H12N2OS/c1-8(15)11(14)13(2)10-5-3-9(7-12)4-6-10/h3-6,8,15H,1-2H3. The number of anilines is 1. The predicted octanol–water partition coefficient (Wildman–Crippen LogP) is 1.84. The van der Waals surface area contributed by atoms with Crippen molar-refractivity contribution in [2.24, 2.45) is 0 Å². The number of rotatable bonds is 2. The molecule has 0 aromatic heterocycles. The Kier molecular flexibility index (Phi) is 3.75. The van der Waals surface area contributed by atoms with Gasteiger partial charge < -0.3 is 4.90 Å². The highest BCUT2D eigenvalue weighted by Crippen LogP contribution is 2.15. The molecule has 0 N–H and O–H groups in total. The van der Waals surface area contributed by atoms with Crippen molar-refractivity contribution in [3.05, 3.63) is 29.8 Å². The summed E-state index contributed by atoms with van der Waals surface area (Å²) in [6, 6.07) is 8.88. The molecule has 3 nitrogen and oxygen atoms in total. The van der Waals surface area contributed by atoms with Gasteiger partial charge in [0, 0.05) is 12.7 Å². The fourth-order valence-electron chi connectivity index (χ4n) is 1.17. The van der Waals surface area contributed by atoms with E-state index in [1.165, 1.54) is 4.90 Å². The van der Waals surface area contributed by atoms with Gasteiger partial charge in [0.05, 0.1) is 16.9 Å². The van der Waals surface area contributed by atoms with E-state index >= 15 is 0 Å². The van der Waals surface area contributed by atoms with E-state index in [1.807, 2.05) is 6.07 Å². The van der Waals surface area contributed by atoms with Crippen LogP contribution in [0.3, 0.4) is 0 Å². The summed E-state index contributed by atoms with van der Waals surface area (Å²) in [5.74, 6) is -0.0666. The van der Waals surface area contributed by atoms with Crippen LogP contribution in [0.15, 0.2) is 24.3 Å². The number of nitriles is 1. The lowest BCUT2D eigenvalue weighted by molar-refractivity contribution is -0.117. The van der Waals surface area contributed by atoms with Gasteiger partial charge in [-0.15, -0.1) is 0 Å². The molecule has 1 rings (SSSR count). The Bertz CT molecular complexity index is 392. The number of hydrogen-bond donors (Lipinski definition) is 1. The van der Waals surface area contributed by atoms with Crippen molar-refractivity contribution in [1.29, 1.82) is 5.26 Å². The first-order chi connectivity index (χ1) is 7.06. The van der Waals surface area contributed by atoms with Crippen LogP contribution in [0.25, 0.3) is 0 Å². The minimum absolute atomic E-state index is 0.0666. The number of carbonyl (C=O) groups excluding carboxylic acids is 1. The van der Waals surface area contributed by atoms with E-state index < -0.39 is 0 Å². The van der Waals surface area contributed by atoms with Crippen LogP contribution < -0.4 is 4.90 Å². The van der Waals surface area contributed by atoms with Crippen molar-refractivity contribution in [3.63, 3.8) is 0 Å². The number of nitrogens with zero attached hydrogens (tertiary/aromatic N) is 2. The summed E-state index contributed by atoms with van der Waals surface area (Å²) in [5, 5.41) is 8.29. The summed E-state index contributed by atoms with van der Waals surface area (Å²) < 4.78 is 0. The normalized spacial score (nSPS) is 11.6. The van der Waals surface area contributed by atoms with Crippen molar-refractivity contribution < 1.29 is 4.79 Å². The van der Waals surface area contributed by atoms with Crippen molar-refractivity contribution in [1.82, 2.24) is 0 Å². The van der Waals surface area contributed by atoms with Gasteiger partial charge in [0.2, 0.25) is 5.91 Å². The fourth-order valence-corrected chi connectivity index (χ4v) is 1.34. The lowest BCUT2D eigenvalue weighted by Gasteiger charge is -2.18. The van der Waals surface area contributed by atoms with Gasteiger partial charge in [-0.3, -0.25) is 4.79 Å². The van der Waals surface area contributed by atoms with Gasteiger partial charge in [0.15, 0.2) is 0 Å². The van der Waals surface area contributed by atoms with Crippen LogP contribution in [0, 0.1) is 11.3 Å². The summed E-state index contributed by atoms with van der Waals surface area (Å²) in [7, 11) is 1.69. The van der Waals surface area contributed by atoms with Crippen molar-refractivity contribution in [2.45, 2.75) is 12.2 Å². The summed E-state index contributed by atoms with van der Waals surface area (Å²) in [4.78, 5) is 13.1. The summed E-state index contributed by atoms with van der Waals surface area (Å²) in [5.41, 5.74) is 1.35. The third kappa shape index (κ3) is 2.74. The summed E-state index contributed by atoms with van der Waals surface area (Å²) >= 11 is 4.08. The highest BCUT2D eigenvalue weighted by Gasteiger charge is 2.14. The van der Waals surface area contributed by atoms with Crippen molar-refractivity contribution in [2.75, 3.05) is 11.9 Å². The molecule has 4 heteroatoms. The molecule has 0 fully saturated rings. The molecule has 1 atom stereocenters. The first-order valence-electron chi connectivity index (χ1n) is 4.52. The molecule has 0 saturated heterocycles. The number of benzene rings is 1. The van der Waals surface area contributed by atoms with Crippen LogP contribution in [-0.2, 0) is 4.79 Å². The van der Waals surface area contributed by atoms with Gasteiger partial charge in [0.1, 0.15) is 0 Å². The molecule has 0 aliphatic heterocycles. The average Bonchev–Trinajstić information content (AvgIpc) is 2.27. The highest BCUT2D eigenvalue weighted by atomic mass is 32.1. The van der Waals surface area contributed by atoms with E-state index in [0.717, 1.165) is 5.69 Å². The summed E-state index contributed by atoms with van der Waals surface area (Å²) in [6.45, 7) is 1.73. The van der Waals surface area contributed by atoms with E-state index in [0.29, 0.717) is 5.56 Å². The monoisotopic (exact) mass is 220 g/mol. The Morgan fingerprint density at radius 2 is 2.00 bits per heavy atom. The molecule has 0 spiro atoms. The average molecular weight is 220 g/mol. The van der Waals surface area contributed by atoms with Crippen LogP contribution in [0.5, 0.6) is 0 Å². The van der Waals surface area contributed by atoms with E-state index in [4.69, 9.17) is 5.26 Å². The molecule has 78 valence electrons. The number of hydrogen-bond acceptors (Lipinski definition) is 3. The fraction of sp³-hybridized carbons (Fsp3) is 0.273. The maximum Gasteiger partial charge on any atom is 0.239 e. The van der Waals surface area contributed by atoms with E-state index in [1.54, 1.807) is 38.2 Å². The minimum Gasteiger partial charge on any atom is -0.315 e. The molecule has 0 bridgehead atoms. The molecule has 1 aromatic rings. The Labute approximate surface area is 94.7 Å². The van der Waals surface area contributed by atoms with Crippen LogP contribution >= 0.6 is 12.6 Å². The second-order valence-corrected chi connectivity index (χ2v) is 4.01.